The van der Waals surface area contributed by atoms with Gasteiger partial charge in [0.05, 0.1) is 0 Å². The van der Waals surface area contributed by atoms with Crippen molar-refractivity contribution in [2.75, 3.05) is 18.0 Å². The lowest BCUT2D eigenvalue weighted by atomic mass is 9.88. The van der Waals surface area contributed by atoms with Crippen LogP contribution in [0.2, 0.25) is 0 Å². The van der Waals surface area contributed by atoms with E-state index < -0.39 is 0 Å². The van der Waals surface area contributed by atoms with Crippen molar-refractivity contribution in [2.45, 2.75) is 39.7 Å². The average molecular weight is 246 g/mol. The summed E-state index contributed by atoms with van der Waals surface area (Å²) in [6.45, 7) is 9.22. The molecule has 3 unspecified atom stereocenters. The number of hydrogen-bond donors (Lipinski definition) is 1. The second kappa shape index (κ2) is 5.75. The van der Waals surface area contributed by atoms with E-state index in [2.05, 4.69) is 49.9 Å². The van der Waals surface area contributed by atoms with Crippen LogP contribution in [0.3, 0.4) is 0 Å². The summed E-state index contributed by atoms with van der Waals surface area (Å²) in [5.74, 6) is 1.64. The van der Waals surface area contributed by atoms with Gasteiger partial charge in [0.2, 0.25) is 0 Å². The topological polar surface area (TPSA) is 29.3 Å². The van der Waals surface area contributed by atoms with Crippen molar-refractivity contribution >= 4 is 5.69 Å². The van der Waals surface area contributed by atoms with E-state index in [0.29, 0.717) is 0 Å². The fraction of sp³-hybridized carbons (Fsp3) is 0.625. The SMILES string of the molecule is CCC(N)c1ccc(N2CCC(C)C(C)C2)cc1. The van der Waals surface area contributed by atoms with Crippen LogP contribution in [0.1, 0.15) is 45.2 Å². The lowest BCUT2D eigenvalue weighted by Gasteiger charge is -2.37. The molecule has 0 aliphatic carbocycles. The molecule has 0 aromatic heterocycles. The molecule has 2 rings (SSSR count). The Morgan fingerprint density at radius 3 is 2.44 bits per heavy atom. The molecule has 1 saturated heterocycles. The lowest BCUT2D eigenvalue weighted by Crippen LogP contribution is -2.38. The number of hydrogen-bond acceptors (Lipinski definition) is 2. The first-order chi connectivity index (χ1) is 8.61. The van der Waals surface area contributed by atoms with E-state index in [1.54, 1.807) is 0 Å². The van der Waals surface area contributed by atoms with Gasteiger partial charge in [-0.15, -0.1) is 0 Å². The molecule has 2 heteroatoms. The van der Waals surface area contributed by atoms with Crippen LogP contribution < -0.4 is 10.6 Å². The van der Waals surface area contributed by atoms with E-state index in [-0.39, 0.29) is 6.04 Å². The number of piperidine rings is 1. The molecule has 1 aromatic carbocycles. The summed E-state index contributed by atoms with van der Waals surface area (Å²) in [7, 11) is 0. The molecule has 1 aliphatic rings. The van der Waals surface area contributed by atoms with Crippen molar-refractivity contribution in [2.24, 2.45) is 17.6 Å². The zero-order chi connectivity index (χ0) is 13.1. The summed E-state index contributed by atoms with van der Waals surface area (Å²) in [6, 6.07) is 9.01. The molecule has 0 saturated carbocycles. The number of benzene rings is 1. The standard InChI is InChI=1S/C16H26N2/c1-4-16(17)14-5-7-15(8-6-14)18-10-9-12(2)13(3)11-18/h5-8,12-13,16H,4,9-11,17H2,1-3H3. The average Bonchev–Trinajstić information content (AvgIpc) is 2.41. The molecular formula is C16H26N2. The fourth-order valence-corrected chi connectivity index (χ4v) is 2.67. The highest BCUT2D eigenvalue weighted by Gasteiger charge is 2.22. The molecule has 1 aromatic rings. The van der Waals surface area contributed by atoms with Gasteiger partial charge in [0.25, 0.3) is 0 Å². The molecule has 18 heavy (non-hydrogen) atoms. The molecule has 0 radical (unpaired) electrons. The van der Waals surface area contributed by atoms with Gasteiger partial charge in [-0.2, -0.15) is 0 Å². The number of anilines is 1. The third-order valence-electron chi connectivity index (χ3n) is 4.46. The zero-order valence-corrected chi connectivity index (χ0v) is 11.9. The van der Waals surface area contributed by atoms with Crippen molar-refractivity contribution in [3.05, 3.63) is 29.8 Å². The predicted octanol–water partition coefficient (Wildman–Crippen LogP) is 3.58. The Labute approximate surface area is 111 Å². The molecule has 1 aliphatic heterocycles. The van der Waals surface area contributed by atoms with Crippen molar-refractivity contribution < 1.29 is 0 Å². The van der Waals surface area contributed by atoms with E-state index >= 15 is 0 Å². The Morgan fingerprint density at radius 2 is 1.89 bits per heavy atom. The van der Waals surface area contributed by atoms with Crippen LogP contribution in [0.15, 0.2) is 24.3 Å². The van der Waals surface area contributed by atoms with Gasteiger partial charge in [-0.25, -0.2) is 0 Å². The smallest absolute Gasteiger partial charge is 0.0366 e. The van der Waals surface area contributed by atoms with Crippen LogP contribution in [0.4, 0.5) is 5.69 Å². The van der Waals surface area contributed by atoms with Crippen LogP contribution >= 0.6 is 0 Å². The van der Waals surface area contributed by atoms with Crippen LogP contribution in [0, 0.1) is 11.8 Å². The van der Waals surface area contributed by atoms with Gasteiger partial charge >= 0.3 is 0 Å². The molecule has 1 fully saturated rings. The number of rotatable bonds is 3. The maximum absolute atomic E-state index is 6.05. The molecule has 0 spiro atoms. The highest BCUT2D eigenvalue weighted by Crippen LogP contribution is 2.27. The van der Waals surface area contributed by atoms with E-state index in [0.717, 1.165) is 18.3 Å². The molecule has 0 bridgehead atoms. The zero-order valence-electron chi connectivity index (χ0n) is 11.9. The predicted molar refractivity (Wildman–Crippen MR) is 78.8 cm³/mol. The molecule has 2 N–H and O–H groups in total. The summed E-state index contributed by atoms with van der Waals surface area (Å²) in [4.78, 5) is 2.51. The first-order valence-electron chi connectivity index (χ1n) is 7.22. The van der Waals surface area contributed by atoms with Crippen LogP contribution in [0.5, 0.6) is 0 Å². The highest BCUT2D eigenvalue weighted by molar-refractivity contribution is 5.48. The van der Waals surface area contributed by atoms with Crippen molar-refractivity contribution in [1.29, 1.82) is 0 Å². The van der Waals surface area contributed by atoms with Gasteiger partial charge < -0.3 is 10.6 Å². The summed E-state index contributed by atoms with van der Waals surface area (Å²) < 4.78 is 0. The first-order valence-corrected chi connectivity index (χ1v) is 7.22. The van der Waals surface area contributed by atoms with Gasteiger partial charge in [-0.1, -0.05) is 32.9 Å². The third kappa shape index (κ3) is 2.86. The van der Waals surface area contributed by atoms with Crippen molar-refractivity contribution in [3.63, 3.8) is 0 Å². The summed E-state index contributed by atoms with van der Waals surface area (Å²) in [5.41, 5.74) is 8.65. The Morgan fingerprint density at radius 1 is 1.22 bits per heavy atom. The highest BCUT2D eigenvalue weighted by atomic mass is 15.1. The van der Waals surface area contributed by atoms with E-state index in [9.17, 15) is 0 Å². The Bertz CT molecular complexity index is 371. The summed E-state index contributed by atoms with van der Waals surface area (Å²) in [5, 5.41) is 0. The minimum atomic E-state index is 0.180. The summed E-state index contributed by atoms with van der Waals surface area (Å²) >= 11 is 0. The van der Waals surface area contributed by atoms with Gasteiger partial charge in [0.1, 0.15) is 0 Å². The monoisotopic (exact) mass is 246 g/mol. The normalized spacial score (nSPS) is 26.1. The van der Waals surface area contributed by atoms with Crippen LogP contribution in [0.25, 0.3) is 0 Å². The molecular weight excluding hydrogens is 220 g/mol. The molecule has 100 valence electrons. The Hall–Kier alpha value is -1.02. The molecule has 1 heterocycles. The van der Waals surface area contributed by atoms with E-state index in [1.165, 1.54) is 30.8 Å². The fourth-order valence-electron chi connectivity index (χ4n) is 2.67. The lowest BCUT2D eigenvalue weighted by molar-refractivity contribution is 0.324. The second-order valence-electron chi connectivity index (χ2n) is 5.80. The number of nitrogens with zero attached hydrogens (tertiary/aromatic N) is 1. The van der Waals surface area contributed by atoms with Gasteiger partial charge in [-0.05, 0) is 42.4 Å². The quantitative estimate of drug-likeness (QED) is 0.883. The largest absolute Gasteiger partial charge is 0.371 e. The van der Waals surface area contributed by atoms with Crippen molar-refractivity contribution in [1.82, 2.24) is 0 Å². The minimum Gasteiger partial charge on any atom is -0.371 e. The van der Waals surface area contributed by atoms with Crippen LogP contribution in [-0.4, -0.2) is 13.1 Å². The molecule has 2 nitrogen and oxygen atoms in total. The maximum atomic E-state index is 6.05. The number of nitrogens with two attached hydrogens (primary N) is 1. The van der Waals surface area contributed by atoms with Gasteiger partial charge in [-0.3, -0.25) is 0 Å². The summed E-state index contributed by atoms with van der Waals surface area (Å²) in [6.07, 6.45) is 2.30. The van der Waals surface area contributed by atoms with E-state index in [4.69, 9.17) is 5.73 Å². The Balaban J connectivity index is 2.06. The third-order valence-corrected chi connectivity index (χ3v) is 4.46. The maximum Gasteiger partial charge on any atom is 0.0366 e. The van der Waals surface area contributed by atoms with Crippen molar-refractivity contribution in [3.8, 4) is 0 Å². The molecule has 3 atom stereocenters. The van der Waals surface area contributed by atoms with Gasteiger partial charge in [0, 0.05) is 24.8 Å². The molecule has 0 amide bonds. The van der Waals surface area contributed by atoms with Gasteiger partial charge in [0.15, 0.2) is 0 Å². The Kier molecular flexibility index (Phi) is 4.28. The first kappa shape index (κ1) is 13.4. The van der Waals surface area contributed by atoms with E-state index in [1.807, 2.05) is 0 Å². The minimum absolute atomic E-state index is 0.180. The van der Waals surface area contributed by atoms with Crippen LogP contribution in [-0.2, 0) is 0 Å². The second-order valence-corrected chi connectivity index (χ2v) is 5.80.